The lowest BCUT2D eigenvalue weighted by Gasteiger charge is -2.21. The van der Waals surface area contributed by atoms with E-state index in [1.807, 2.05) is 134 Å². The van der Waals surface area contributed by atoms with Crippen LogP contribution in [0.25, 0.3) is 177 Å². The van der Waals surface area contributed by atoms with Crippen LogP contribution in [0.3, 0.4) is 0 Å². The second kappa shape index (κ2) is 29.6. The Morgan fingerprint density at radius 2 is 0.687 bits per heavy atom. The van der Waals surface area contributed by atoms with Crippen LogP contribution in [0.5, 0.6) is 0 Å². The molecule has 12 heteroatoms. The topological polar surface area (TPSA) is 120 Å². The molecule has 2 saturated carbocycles. The molecule has 12 heterocycles. The van der Waals surface area contributed by atoms with E-state index in [9.17, 15) is 0 Å². The molecule has 115 heavy (non-hydrogen) atoms. The molecule has 20 aromatic rings. The summed E-state index contributed by atoms with van der Waals surface area (Å²) >= 11 is 0. The van der Waals surface area contributed by atoms with Gasteiger partial charge < -0.3 is 17.7 Å². The summed E-state index contributed by atoms with van der Waals surface area (Å²) in [6.07, 6.45) is 17.1. The van der Waals surface area contributed by atoms with E-state index in [2.05, 4.69) is 159 Å². The lowest BCUT2D eigenvalue weighted by atomic mass is 9.84. The highest BCUT2D eigenvalue weighted by Gasteiger charge is 2.30. The van der Waals surface area contributed by atoms with Crippen molar-refractivity contribution < 1.29 is 48.3 Å². The van der Waals surface area contributed by atoms with Gasteiger partial charge in [0.05, 0.1) is 44.3 Å². The van der Waals surface area contributed by atoms with E-state index in [1.54, 1.807) is 24.5 Å². The maximum atomic E-state index is 9.14. The molecule has 0 saturated heterocycles. The van der Waals surface area contributed by atoms with Gasteiger partial charge in [-0.2, -0.15) is 0 Å². The smallest absolute Gasteiger partial charge is 0.227 e. The Morgan fingerprint density at radius 1 is 0.357 bits per heavy atom. The van der Waals surface area contributed by atoms with Gasteiger partial charge in [0, 0.05) is 124 Å². The molecule has 2 aliphatic carbocycles. The van der Waals surface area contributed by atoms with Gasteiger partial charge in [-0.3, -0.25) is 0 Å². The van der Waals surface area contributed by atoms with Crippen LogP contribution in [0.4, 0.5) is 0 Å². The Kier molecular flexibility index (Phi) is 16.2. The standard InChI is InChI=1S/C28H27N2O.C27H25N2O.C25H23N2O.C23H19N2O/c1-18-12-13-22-23-16-21-10-6-7-11-24(21)29-28(23)31-27(22)26(18)25-17-20(14-15-30(25)2)19-8-4-3-5-9-19;1-17-11-12-21-22-15-20-9-5-6-10-23(20)28-27(22)30-26(21)25(17)24-16-19(13-14-29(24)2)18-7-3-4-8-18;1-15(2)18-10-12-22(27(4)14-18)23-16(3)9-11-19-20-13-17-7-5-6-8-21(17)26-25(20)28-24(19)23;1-14-8-11-20(25(3)13-14)21-15(2)9-10-17-18-12-16-6-4-5-7-19(16)24-23(18)26-22(17)21/h6-7,10-17,19H,3-5,8-9H2,1-2H3;5-6,9-16,18H,3-4,7-8H2,1-2H3;5-15H,1-4H3;4-13H,1-3H3/q4*+1/i19D;18D;1D3,15D;1D3. The maximum Gasteiger partial charge on any atom is 0.227 e. The average molecular weight is 1520 g/mol. The van der Waals surface area contributed by atoms with Crippen LogP contribution < -0.4 is 18.3 Å². The number of hydrogen-bond acceptors (Lipinski definition) is 8. The lowest BCUT2D eigenvalue weighted by molar-refractivity contribution is -0.660. The summed E-state index contributed by atoms with van der Waals surface area (Å²) < 4.78 is 106. The van der Waals surface area contributed by atoms with Crippen molar-refractivity contribution in [3.8, 4) is 45.0 Å². The van der Waals surface area contributed by atoms with Crippen LogP contribution in [0.2, 0.25) is 0 Å². The number of aromatic nitrogens is 8. The molecule has 12 aromatic heterocycles. The molecule has 0 amide bonds. The fraction of sp³-hybridized carbons (Fsp3) is 0.223. The number of para-hydroxylation sites is 4. The summed E-state index contributed by atoms with van der Waals surface area (Å²) in [5.74, 6) is -2.66. The molecule has 0 N–H and O–H groups in total. The van der Waals surface area contributed by atoms with E-state index in [-0.39, 0.29) is 0 Å². The van der Waals surface area contributed by atoms with Crippen molar-refractivity contribution in [2.75, 3.05) is 0 Å². The van der Waals surface area contributed by atoms with E-state index in [0.29, 0.717) is 34.0 Å². The molecular formula is C103H94N8O4+4. The van der Waals surface area contributed by atoms with Crippen LogP contribution in [-0.2, 0) is 28.2 Å². The number of rotatable bonds is 7. The molecule has 0 aliphatic heterocycles. The third-order valence-corrected chi connectivity index (χ3v) is 23.7. The summed E-state index contributed by atoms with van der Waals surface area (Å²) in [5, 5.41) is 12.5. The number of fused-ring (bicyclic) bond motifs is 16. The second-order valence-corrected chi connectivity index (χ2v) is 31.3. The number of aryl methyl sites for hydroxylation is 9. The van der Waals surface area contributed by atoms with Gasteiger partial charge in [0.25, 0.3) is 0 Å². The van der Waals surface area contributed by atoms with Crippen molar-refractivity contribution >= 4 is 132 Å². The van der Waals surface area contributed by atoms with Gasteiger partial charge in [-0.25, -0.2) is 38.2 Å². The van der Waals surface area contributed by atoms with E-state index < -0.39 is 31.4 Å². The number of benzene rings is 8. The molecule has 12 nitrogen and oxygen atoms in total. The first-order chi connectivity index (χ1) is 59.5. The number of hydrogen-bond donors (Lipinski definition) is 0. The first-order valence-electron chi connectivity index (χ1n) is 44.4. The van der Waals surface area contributed by atoms with E-state index in [1.165, 1.54) is 13.3 Å². The first-order valence-corrected chi connectivity index (χ1v) is 39.9. The van der Waals surface area contributed by atoms with Gasteiger partial charge in [-0.05, 0) is 172 Å². The summed E-state index contributed by atoms with van der Waals surface area (Å²) in [6.45, 7) is 5.18. The molecule has 1 atom stereocenters. The monoisotopic (exact) mass is 1520 g/mol. The van der Waals surface area contributed by atoms with Crippen molar-refractivity contribution in [3.63, 3.8) is 0 Å². The highest BCUT2D eigenvalue weighted by molar-refractivity contribution is 6.15. The van der Waals surface area contributed by atoms with Gasteiger partial charge >= 0.3 is 0 Å². The first kappa shape index (κ1) is 62.7. The molecule has 0 bridgehead atoms. The van der Waals surface area contributed by atoms with Crippen molar-refractivity contribution in [3.05, 3.63) is 288 Å². The zero-order chi connectivity index (χ0) is 86.2. The van der Waals surface area contributed by atoms with Crippen LogP contribution in [0, 0.1) is 34.5 Å². The number of furan rings is 4. The quantitative estimate of drug-likeness (QED) is 0.145. The molecule has 0 radical (unpaired) electrons. The maximum absolute atomic E-state index is 9.14. The minimum absolute atomic E-state index is 0.311. The van der Waals surface area contributed by atoms with Gasteiger partial charge in [0.15, 0.2) is 47.1 Å². The summed E-state index contributed by atoms with van der Waals surface area (Å²) in [6, 6.07) is 73.5. The molecule has 566 valence electrons. The van der Waals surface area contributed by atoms with Crippen molar-refractivity contribution in [1.29, 1.82) is 0 Å². The van der Waals surface area contributed by atoms with Crippen molar-refractivity contribution in [2.24, 2.45) is 28.2 Å². The fourth-order valence-electron chi connectivity index (χ4n) is 17.5. The summed E-state index contributed by atoms with van der Waals surface area (Å²) in [7, 11) is 7.86. The average Bonchev–Trinajstić information content (AvgIpc) is 1.60. The Bertz CT molecular complexity index is 7720. The number of pyridine rings is 8. The van der Waals surface area contributed by atoms with E-state index >= 15 is 0 Å². The third kappa shape index (κ3) is 13.2. The van der Waals surface area contributed by atoms with Gasteiger partial charge in [-0.15, -0.1) is 0 Å². The van der Waals surface area contributed by atoms with E-state index in [4.69, 9.17) is 49.9 Å². The zero-order valence-electron chi connectivity index (χ0n) is 75.2. The molecule has 2 aliphatic rings. The van der Waals surface area contributed by atoms with Crippen LogP contribution in [-0.4, -0.2) is 19.9 Å². The largest absolute Gasteiger partial charge is 0.437 e. The predicted molar refractivity (Wildman–Crippen MR) is 467 cm³/mol. The third-order valence-electron chi connectivity index (χ3n) is 23.7. The van der Waals surface area contributed by atoms with Crippen molar-refractivity contribution in [1.82, 2.24) is 19.9 Å². The Morgan fingerprint density at radius 3 is 1.03 bits per heavy atom. The zero-order valence-corrected chi connectivity index (χ0v) is 66.2. The van der Waals surface area contributed by atoms with Crippen LogP contribution in [0.15, 0.2) is 261 Å². The minimum atomic E-state index is -2.43. The molecule has 2 fully saturated rings. The van der Waals surface area contributed by atoms with E-state index in [0.717, 1.165) is 239 Å². The summed E-state index contributed by atoms with van der Waals surface area (Å²) in [4.78, 5) is 19.0. The van der Waals surface area contributed by atoms with Gasteiger partial charge in [0.2, 0.25) is 45.6 Å². The normalized spacial score (nSPS) is 16.0. The molecule has 1 unspecified atom stereocenters. The molecule has 8 aromatic carbocycles. The SMILES string of the molecule is [2H]C([2H])([2H])C([2H])(C)c1ccc(-c2c(C)ccc3c2oc2nc4ccccc4cc23)[n+](C)c1.[2H]C([2H])([2H])c1ccc(-c2c(C)ccc3c2oc2nc4ccccc4cc23)[n+](C)c1.[2H]C1(c2cc[n+](C)c(-c3c(C)ccc4c3oc3nc5ccccc5cc34)c2)CCCC1.[2H]C1(c2cc[n+](C)c(-c3c(C)ccc4c3oc3nc5ccccc5cc34)c2)CCCCC1. The van der Waals surface area contributed by atoms with Gasteiger partial charge in [0.1, 0.15) is 28.2 Å². The van der Waals surface area contributed by atoms with Crippen molar-refractivity contribution in [2.45, 2.75) is 124 Å². The molecule has 22 rings (SSSR count). The lowest BCUT2D eigenvalue weighted by Crippen LogP contribution is -2.31. The van der Waals surface area contributed by atoms with Crippen LogP contribution >= 0.6 is 0 Å². The Labute approximate surface area is 681 Å². The highest BCUT2D eigenvalue weighted by atomic mass is 16.4. The Hall–Kier alpha value is -12.8. The van der Waals surface area contributed by atoms with Gasteiger partial charge in [-0.1, -0.05) is 167 Å². The highest BCUT2D eigenvalue weighted by Crippen LogP contribution is 2.45. The molecular weight excluding hydrogens is 1410 g/mol. The molecule has 0 spiro atoms. The second-order valence-electron chi connectivity index (χ2n) is 31.3. The summed E-state index contributed by atoms with van der Waals surface area (Å²) in [5.41, 5.74) is 24.8. The minimum Gasteiger partial charge on any atom is -0.437 e. The Balaban J connectivity index is 0.000000108. The van der Waals surface area contributed by atoms with Crippen LogP contribution in [0.1, 0.15) is 146 Å². The number of nitrogens with zero attached hydrogens (tertiary/aromatic N) is 8. The fourth-order valence-corrected chi connectivity index (χ4v) is 17.5. The predicted octanol–water partition coefficient (Wildman–Crippen LogP) is 24.9.